The maximum Gasteiger partial charge on any atom is 0.142 e. The second-order valence-corrected chi connectivity index (χ2v) is 5.18. The number of nitrogen functional groups attached to an aromatic ring is 1. The summed E-state index contributed by atoms with van der Waals surface area (Å²) in [6, 6.07) is 6.50. The van der Waals surface area contributed by atoms with Gasteiger partial charge in [-0.2, -0.15) is 0 Å². The van der Waals surface area contributed by atoms with Crippen molar-refractivity contribution in [3.05, 3.63) is 18.2 Å². The van der Waals surface area contributed by atoms with Crippen molar-refractivity contribution in [2.45, 2.75) is 39.8 Å². The van der Waals surface area contributed by atoms with Gasteiger partial charge in [0.05, 0.1) is 12.8 Å². The number of hydrogen-bond acceptors (Lipinski definition) is 4. The van der Waals surface area contributed by atoms with Crippen LogP contribution in [0.3, 0.4) is 0 Å². The third-order valence-corrected chi connectivity index (χ3v) is 3.15. The van der Waals surface area contributed by atoms with Gasteiger partial charge in [-0.05, 0) is 39.8 Å². The summed E-state index contributed by atoms with van der Waals surface area (Å²) in [5.74, 6) is 1.46. The smallest absolute Gasteiger partial charge is 0.142 e. The molecule has 0 bridgehead atoms. The van der Waals surface area contributed by atoms with Gasteiger partial charge in [0.15, 0.2) is 0 Å². The Morgan fingerprint density at radius 2 is 1.79 bits per heavy atom. The summed E-state index contributed by atoms with van der Waals surface area (Å²) in [5, 5.41) is 0. The van der Waals surface area contributed by atoms with Crippen LogP contribution < -0.4 is 15.2 Å². The Balaban J connectivity index is 2.53. The molecule has 19 heavy (non-hydrogen) atoms. The molecule has 0 saturated heterocycles. The number of anilines is 1. The Morgan fingerprint density at radius 1 is 1.16 bits per heavy atom. The Morgan fingerprint density at radius 3 is 2.26 bits per heavy atom. The molecule has 0 aliphatic rings. The first-order valence-electron chi connectivity index (χ1n) is 6.77. The van der Waals surface area contributed by atoms with Crippen LogP contribution in [-0.4, -0.2) is 37.2 Å². The summed E-state index contributed by atoms with van der Waals surface area (Å²) in [7, 11) is 1.62. The van der Waals surface area contributed by atoms with E-state index in [4.69, 9.17) is 15.2 Å². The van der Waals surface area contributed by atoms with Crippen LogP contribution >= 0.6 is 0 Å². The van der Waals surface area contributed by atoms with Crippen LogP contribution in [0.2, 0.25) is 0 Å². The minimum atomic E-state index is 0.511. The summed E-state index contributed by atoms with van der Waals surface area (Å²) < 4.78 is 10.9. The number of hydrogen-bond donors (Lipinski definition) is 1. The van der Waals surface area contributed by atoms with Crippen LogP contribution in [-0.2, 0) is 0 Å². The molecule has 2 N–H and O–H groups in total. The monoisotopic (exact) mass is 266 g/mol. The summed E-state index contributed by atoms with van der Waals surface area (Å²) in [5.41, 5.74) is 6.53. The van der Waals surface area contributed by atoms with E-state index in [1.54, 1.807) is 13.2 Å². The van der Waals surface area contributed by atoms with E-state index in [0.717, 1.165) is 12.3 Å². The van der Waals surface area contributed by atoms with Crippen LogP contribution in [0.1, 0.15) is 27.7 Å². The van der Waals surface area contributed by atoms with Gasteiger partial charge in [-0.3, -0.25) is 4.90 Å². The Labute approximate surface area is 116 Å². The molecule has 0 saturated carbocycles. The molecule has 1 aromatic rings. The second-order valence-electron chi connectivity index (χ2n) is 5.18. The van der Waals surface area contributed by atoms with Gasteiger partial charge in [-0.1, -0.05) is 0 Å². The fraction of sp³-hybridized carbons (Fsp3) is 0.600. The summed E-state index contributed by atoms with van der Waals surface area (Å²) in [6.45, 7) is 10.3. The number of methoxy groups -OCH3 is 1. The molecule has 4 heteroatoms. The number of rotatable bonds is 7. The Kier molecular flexibility index (Phi) is 5.96. The van der Waals surface area contributed by atoms with E-state index in [1.807, 2.05) is 12.1 Å². The zero-order chi connectivity index (χ0) is 14.4. The zero-order valence-electron chi connectivity index (χ0n) is 12.6. The van der Waals surface area contributed by atoms with Crippen molar-refractivity contribution in [3.63, 3.8) is 0 Å². The van der Waals surface area contributed by atoms with Gasteiger partial charge in [0.2, 0.25) is 0 Å². The minimum absolute atomic E-state index is 0.511. The van der Waals surface area contributed by atoms with E-state index >= 15 is 0 Å². The molecule has 0 atom stereocenters. The first-order valence-corrected chi connectivity index (χ1v) is 6.77. The Bertz CT molecular complexity index is 384. The molecule has 1 rings (SSSR count). The average molecular weight is 266 g/mol. The molecule has 1 aromatic carbocycles. The molecule has 0 aliphatic heterocycles. The van der Waals surface area contributed by atoms with Gasteiger partial charge in [-0.25, -0.2) is 0 Å². The van der Waals surface area contributed by atoms with Crippen molar-refractivity contribution in [2.24, 2.45) is 0 Å². The van der Waals surface area contributed by atoms with Gasteiger partial charge in [0.1, 0.15) is 18.1 Å². The molecular weight excluding hydrogens is 240 g/mol. The molecule has 0 fully saturated rings. The van der Waals surface area contributed by atoms with Gasteiger partial charge >= 0.3 is 0 Å². The Hall–Kier alpha value is -1.42. The highest BCUT2D eigenvalue weighted by atomic mass is 16.5. The number of benzene rings is 1. The maximum atomic E-state index is 5.91. The zero-order valence-corrected chi connectivity index (χ0v) is 12.6. The van der Waals surface area contributed by atoms with Crippen molar-refractivity contribution >= 4 is 5.69 Å². The van der Waals surface area contributed by atoms with E-state index in [9.17, 15) is 0 Å². The predicted molar refractivity (Wildman–Crippen MR) is 79.9 cm³/mol. The highest BCUT2D eigenvalue weighted by Gasteiger charge is 2.13. The van der Waals surface area contributed by atoms with Crippen molar-refractivity contribution in [1.29, 1.82) is 0 Å². The number of nitrogens with zero attached hydrogens (tertiary/aromatic N) is 1. The summed E-state index contributed by atoms with van der Waals surface area (Å²) in [4.78, 5) is 2.39. The predicted octanol–water partition coefficient (Wildman–Crippen LogP) is 2.78. The topological polar surface area (TPSA) is 47.7 Å². The van der Waals surface area contributed by atoms with Gasteiger partial charge < -0.3 is 15.2 Å². The van der Waals surface area contributed by atoms with E-state index in [0.29, 0.717) is 30.1 Å². The second kappa shape index (κ2) is 7.24. The average Bonchev–Trinajstić information content (AvgIpc) is 2.35. The third-order valence-electron chi connectivity index (χ3n) is 3.15. The summed E-state index contributed by atoms with van der Waals surface area (Å²) in [6.07, 6.45) is 0. The van der Waals surface area contributed by atoms with Crippen LogP contribution in [0.25, 0.3) is 0 Å². The fourth-order valence-electron chi connectivity index (χ4n) is 2.16. The lowest BCUT2D eigenvalue weighted by molar-refractivity contribution is 0.142. The maximum absolute atomic E-state index is 5.91. The van der Waals surface area contributed by atoms with E-state index in [2.05, 4.69) is 32.6 Å². The van der Waals surface area contributed by atoms with Crippen LogP contribution in [0.4, 0.5) is 5.69 Å². The van der Waals surface area contributed by atoms with E-state index < -0.39 is 0 Å². The summed E-state index contributed by atoms with van der Waals surface area (Å²) >= 11 is 0. The van der Waals surface area contributed by atoms with Crippen molar-refractivity contribution in [3.8, 4) is 11.5 Å². The molecular formula is C15H26N2O2. The van der Waals surface area contributed by atoms with Gasteiger partial charge in [-0.15, -0.1) is 0 Å². The molecule has 108 valence electrons. The SMILES string of the molecule is COc1ccc(OCCN(C(C)C)C(C)C)c(N)c1. The first-order chi connectivity index (χ1) is 8.95. The molecule has 0 unspecified atom stereocenters. The molecule has 0 aromatic heterocycles. The van der Waals surface area contributed by atoms with E-state index in [-0.39, 0.29) is 0 Å². The number of nitrogens with two attached hydrogens (primary N) is 1. The normalized spacial score (nSPS) is 11.4. The molecule has 0 spiro atoms. The molecule has 0 heterocycles. The van der Waals surface area contributed by atoms with Crippen molar-refractivity contribution in [2.75, 3.05) is 26.0 Å². The largest absolute Gasteiger partial charge is 0.497 e. The number of ether oxygens (including phenoxy) is 2. The van der Waals surface area contributed by atoms with Crippen molar-refractivity contribution in [1.82, 2.24) is 4.90 Å². The lowest BCUT2D eigenvalue weighted by Crippen LogP contribution is -2.39. The third kappa shape index (κ3) is 4.63. The minimum Gasteiger partial charge on any atom is -0.497 e. The van der Waals surface area contributed by atoms with Crippen LogP contribution in [0.15, 0.2) is 18.2 Å². The standard InChI is InChI=1S/C15H26N2O2/c1-11(2)17(12(3)4)8-9-19-15-7-6-13(18-5)10-14(15)16/h6-7,10-12H,8-9,16H2,1-5H3. The van der Waals surface area contributed by atoms with Crippen molar-refractivity contribution < 1.29 is 9.47 Å². The highest BCUT2D eigenvalue weighted by Crippen LogP contribution is 2.26. The molecule has 0 aliphatic carbocycles. The lowest BCUT2D eigenvalue weighted by atomic mass is 10.2. The molecule has 0 radical (unpaired) electrons. The van der Waals surface area contributed by atoms with Crippen LogP contribution in [0.5, 0.6) is 11.5 Å². The quantitative estimate of drug-likeness (QED) is 0.771. The fourth-order valence-corrected chi connectivity index (χ4v) is 2.16. The molecule has 0 amide bonds. The highest BCUT2D eigenvalue weighted by molar-refractivity contribution is 5.56. The van der Waals surface area contributed by atoms with Gasteiger partial charge in [0, 0.05) is 24.7 Å². The van der Waals surface area contributed by atoms with Crippen LogP contribution in [0, 0.1) is 0 Å². The lowest BCUT2D eigenvalue weighted by Gasteiger charge is -2.30. The van der Waals surface area contributed by atoms with Gasteiger partial charge in [0.25, 0.3) is 0 Å². The first kappa shape index (κ1) is 15.6. The van der Waals surface area contributed by atoms with E-state index in [1.165, 1.54) is 0 Å². The molecule has 4 nitrogen and oxygen atoms in total.